The van der Waals surface area contributed by atoms with Crippen LogP contribution < -0.4 is 18.8 Å². The average Bonchev–Trinajstić information content (AvgIpc) is 3.20. The molecule has 0 aliphatic carbocycles. The van der Waals surface area contributed by atoms with Crippen molar-refractivity contribution < 1.29 is 65.2 Å². The number of aliphatic hydroxyl groups is 2. The van der Waals surface area contributed by atoms with E-state index in [1.165, 1.54) is 74.8 Å². The Balaban J connectivity index is 0.000000453. The minimum Gasteiger partial charge on any atom is -0.550 e. The Labute approximate surface area is 417 Å². The zero-order valence-corrected chi connectivity index (χ0v) is 41.8. The summed E-state index contributed by atoms with van der Waals surface area (Å²) < 4.78 is 77.0. The molecular weight excluding hydrogens is 947 g/mol. The van der Waals surface area contributed by atoms with Crippen molar-refractivity contribution in [1.82, 2.24) is 19.9 Å². The Morgan fingerprint density at radius 3 is 1.15 bits per heavy atom. The molecule has 2 atom stereocenters. The Morgan fingerprint density at radius 2 is 0.896 bits per heavy atom. The first-order valence-electron chi connectivity index (χ1n) is 20.0. The third-order valence-corrected chi connectivity index (χ3v) is 11.7. The van der Waals surface area contributed by atoms with Crippen molar-refractivity contribution in [3.05, 3.63) is 94.8 Å². The van der Waals surface area contributed by atoms with E-state index in [0.717, 1.165) is 33.3 Å². The van der Waals surface area contributed by atoms with E-state index in [-0.39, 0.29) is 72.9 Å². The summed E-state index contributed by atoms with van der Waals surface area (Å²) in [7, 11) is -4.73. The molecule has 0 spiro atoms. The zero-order chi connectivity index (χ0) is 49.8. The molecule has 2 N–H and O–H groups in total. The van der Waals surface area contributed by atoms with Gasteiger partial charge in [0.05, 0.1) is 47.5 Å². The number of allylic oxidation sites excluding steroid dienone is 2. The number of ketones is 2. The van der Waals surface area contributed by atoms with Crippen LogP contribution in [0.25, 0.3) is 34.7 Å². The van der Waals surface area contributed by atoms with Crippen LogP contribution in [0.2, 0.25) is 0 Å². The Bertz CT molecular complexity index is 2520. The number of halogens is 2. The number of aromatic nitrogens is 4. The standard InChI is InChI=1S/2C22H26FN3O6S.Ca/c2*1-13(2)20-18(10-9-16(27)11-17(28)12-19(29)30)21(14-5-7-15(23)8-6-14)25-22(24-20)26(3)33(4,31)32;/h2*5-10,13,17,28H,11-12H2,1-4H3,(H,29,30);/q;;+2/p-2/t2*17-;/m11./s1. The van der Waals surface area contributed by atoms with Gasteiger partial charge >= 0.3 is 37.7 Å². The molecular formula is C44H50CaF2N6O12S2. The minimum absolute atomic E-state index is 0. The van der Waals surface area contributed by atoms with Crippen molar-refractivity contribution in [2.75, 3.05) is 35.2 Å². The van der Waals surface area contributed by atoms with E-state index in [2.05, 4.69) is 19.9 Å². The first-order valence-corrected chi connectivity index (χ1v) is 23.7. The molecule has 0 fully saturated rings. The predicted molar refractivity (Wildman–Crippen MR) is 244 cm³/mol. The van der Waals surface area contributed by atoms with Gasteiger partial charge in [0.15, 0.2) is 11.6 Å². The van der Waals surface area contributed by atoms with Crippen molar-refractivity contribution in [1.29, 1.82) is 0 Å². The number of carboxylic acids is 2. The monoisotopic (exact) mass is 996 g/mol. The summed E-state index contributed by atoms with van der Waals surface area (Å²) in [5.74, 6) is -5.57. The largest absolute Gasteiger partial charge is 2.00 e. The summed E-state index contributed by atoms with van der Waals surface area (Å²) in [6.45, 7) is 7.29. The van der Waals surface area contributed by atoms with Crippen LogP contribution in [0.1, 0.15) is 87.7 Å². The van der Waals surface area contributed by atoms with Gasteiger partial charge in [-0.1, -0.05) is 27.7 Å². The fourth-order valence-electron chi connectivity index (χ4n) is 5.87. The predicted octanol–water partition coefficient (Wildman–Crippen LogP) is 2.17. The van der Waals surface area contributed by atoms with Gasteiger partial charge in [-0.05, 0) is 84.7 Å². The molecule has 0 unspecified atom stereocenters. The quantitative estimate of drug-likeness (QED) is 0.0948. The number of aliphatic hydroxyl groups excluding tert-OH is 2. The van der Waals surface area contributed by atoms with Gasteiger partial charge in [-0.2, -0.15) is 0 Å². The fraction of sp³-hybridized carbons (Fsp3) is 0.364. The molecule has 0 aliphatic heterocycles. The third-order valence-electron chi connectivity index (χ3n) is 9.36. The van der Waals surface area contributed by atoms with E-state index in [9.17, 15) is 65.2 Å². The van der Waals surface area contributed by atoms with Crippen molar-refractivity contribution in [3.8, 4) is 22.5 Å². The van der Waals surface area contributed by atoms with Crippen LogP contribution in [0.4, 0.5) is 20.7 Å². The van der Waals surface area contributed by atoms with E-state index in [4.69, 9.17) is 0 Å². The van der Waals surface area contributed by atoms with E-state index < -0.39 is 93.1 Å². The van der Waals surface area contributed by atoms with Crippen LogP contribution in [0.3, 0.4) is 0 Å². The molecule has 0 saturated heterocycles. The van der Waals surface area contributed by atoms with Gasteiger partial charge in [0.2, 0.25) is 31.9 Å². The molecule has 0 bridgehead atoms. The summed E-state index contributed by atoms with van der Waals surface area (Å²) >= 11 is 0. The van der Waals surface area contributed by atoms with Gasteiger partial charge in [-0.3, -0.25) is 9.59 Å². The molecule has 356 valence electrons. The number of rotatable bonds is 20. The van der Waals surface area contributed by atoms with E-state index in [1.54, 1.807) is 0 Å². The average molecular weight is 997 g/mol. The van der Waals surface area contributed by atoms with Crippen LogP contribution >= 0.6 is 0 Å². The zero-order valence-electron chi connectivity index (χ0n) is 38.0. The number of sulfonamides is 2. The summed E-state index contributed by atoms with van der Waals surface area (Å²) in [5, 5.41) is 40.5. The molecule has 2 aromatic carbocycles. The van der Waals surface area contributed by atoms with Crippen LogP contribution in [0.5, 0.6) is 0 Å². The van der Waals surface area contributed by atoms with Gasteiger partial charge in [0, 0.05) is 74.0 Å². The normalized spacial score (nSPS) is 12.6. The van der Waals surface area contributed by atoms with Gasteiger partial charge in [-0.25, -0.2) is 54.2 Å². The number of nitrogens with zero attached hydrogens (tertiary/aromatic N) is 6. The van der Waals surface area contributed by atoms with Gasteiger partial charge in [0.25, 0.3) is 0 Å². The molecule has 4 aromatic rings. The third kappa shape index (κ3) is 17.8. The van der Waals surface area contributed by atoms with Crippen molar-refractivity contribution in [2.45, 2.75) is 77.4 Å². The smallest absolute Gasteiger partial charge is 0.550 e. The number of anilines is 2. The molecule has 18 nitrogen and oxygen atoms in total. The number of hydrogen-bond acceptors (Lipinski definition) is 16. The summed E-state index contributed by atoms with van der Waals surface area (Å²) in [5.41, 5.74) is 3.18. The van der Waals surface area contributed by atoms with Gasteiger partial charge in [-0.15, -0.1) is 0 Å². The second kappa shape index (κ2) is 25.3. The first kappa shape index (κ1) is 58.0. The van der Waals surface area contributed by atoms with Crippen molar-refractivity contribution in [2.24, 2.45) is 0 Å². The van der Waals surface area contributed by atoms with Gasteiger partial charge < -0.3 is 30.0 Å². The molecule has 0 amide bonds. The second-order valence-corrected chi connectivity index (χ2v) is 19.6. The number of benzene rings is 2. The maximum Gasteiger partial charge on any atom is 2.00 e. The summed E-state index contributed by atoms with van der Waals surface area (Å²) in [6.07, 6.45) is 2.20. The fourth-order valence-corrected chi connectivity index (χ4v) is 6.63. The Morgan fingerprint density at radius 1 is 0.597 bits per heavy atom. The number of carbonyl (C=O) groups excluding carboxylic acids is 4. The van der Waals surface area contributed by atoms with Crippen molar-refractivity contribution >= 4 is 105 Å². The minimum atomic E-state index is -3.67. The molecule has 2 aromatic heterocycles. The second-order valence-electron chi connectivity index (χ2n) is 15.6. The molecule has 0 saturated carbocycles. The van der Waals surface area contributed by atoms with E-state index in [1.807, 2.05) is 27.7 Å². The van der Waals surface area contributed by atoms with E-state index in [0.29, 0.717) is 33.6 Å². The topological polar surface area (TPSA) is 281 Å². The Hall–Kier alpha value is -5.10. The molecule has 23 heteroatoms. The molecule has 4 rings (SSSR count). The maximum atomic E-state index is 13.5. The van der Waals surface area contributed by atoms with E-state index >= 15 is 0 Å². The SMILES string of the molecule is CC(C)c1nc(N(C)S(C)(=O)=O)nc(-c2ccc(F)cc2)c1C=CC(=O)C[C@@H](O)CC(=O)[O-].CC(C)c1nc(N(C)S(C)(=O)=O)nc(-c2ccc(F)cc2)c1C=CC(=O)C[C@@H](O)CC(=O)[O-].[Ca+2]. The molecule has 2 heterocycles. The van der Waals surface area contributed by atoms with Gasteiger partial charge in [0.1, 0.15) is 11.6 Å². The van der Waals surface area contributed by atoms with Crippen LogP contribution in [0.15, 0.2) is 60.7 Å². The van der Waals surface area contributed by atoms with Crippen LogP contribution in [-0.4, -0.2) is 147 Å². The number of aliphatic carboxylic acids is 2. The molecule has 0 radical (unpaired) electrons. The number of carbonyl (C=O) groups is 4. The molecule has 0 aliphatic rings. The number of carboxylic acid groups (broad SMARTS) is 2. The van der Waals surface area contributed by atoms with Crippen LogP contribution in [0, 0.1) is 11.6 Å². The van der Waals surface area contributed by atoms with Crippen molar-refractivity contribution in [3.63, 3.8) is 0 Å². The Kier molecular flexibility index (Phi) is 21.9. The molecule has 67 heavy (non-hydrogen) atoms. The summed E-state index contributed by atoms with van der Waals surface area (Å²) in [4.78, 5) is 63.2. The summed E-state index contributed by atoms with van der Waals surface area (Å²) in [6, 6.07) is 10.8. The maximum absolute atomic E-state index is 13.5. The number of hydrogen-bond donors (Lipinski definition) is 2. The van der Waals surface area contributed by atoms with Crippen LogP contribution in [-0.2, 0) is 39.2 Å². The first-order chi connectivity index (χ1) is 30.6.